The smallest absolute Gasteiger partial charge is 0.372 e. The van der Waals surface area contributed by atoms with E-state index in [4.69, 9.17) is 5.11 Å². The molecular formula is C13H24N2O10. The van der Waals surface area contributed by atoms with E-state index in [0.717, 1.165) is 13.8 Å². The molecular weight excluding hydrogens is 344 g/mol. The zero-order valence-corrected chi connectivity index (χ0v) is 13.8. The lowest BCUT2D eigenvalue weighted by Gasteiger charge is -2.32. The van der Waals surface area contributed by atoms with E-state index in [-0.39, 0.29) is 6.15 Å². The highest BCUT2D eigenvalue weighted by molar-refractivity contribution is 6.32. The standard InChI is InChI=1S/C13H21NO10.H3N/c1-5(15)14-10(7(17)3-8(18)13(22)23)12(21)11(20)9(19)4-24-6(2)16;/h7,9-12,17,19-21H,3-4H2,1-2H3,(H,14,15)(H,22,23);1H3. The lowest BCUT2D eigenvalue weighted by molar-refractivity contribution is -0.153. The van der Waals surface area contributed by atoms with Gasteiger partial charge in [0.15, 0.2) is 0 Å². The molecule has 0 aliphatic heterocycles. The number of Topliss-reactive ketones (excluding diaryl/α,β-unsaturated/α-hetero) is 1. The minimum Gasteiger partial charge on any atom is -0.475 e. The van der Waals surface area contributed by atoms with Gasteiger partial charge in [0.2, 0.25) is 11.7 Å². The van der Waals surface area contributed by atoms with E-state index in [0.29, 0.717) is 0 Å². The molecule has 0 heterocycles. The first-order valence-corrected chi connectivity index (χ1v) is 6.86. The molecule has 0 saturated carbocycles. The maximum absolute atomic E-state index is 11.1. The van der Waals surface area contributed by atoms with Crippen LogP contribution in [-0.4, -0.2) is 86.2 Å². The van der Waals surface area contributed by atoms with Crippen molar-refractivity contribution in [2.45, 2.75) is 50.7 Å². The number of aliphatic hydroxyl groups is 4. The van der Waals surface area contributed by atoms with Crippen molar-refractivity contribution in [1.29, 1.82) is 0 Å². The van der Waals surface area contributed by atoms with Crippen molar-refractivity contribution in [2.24, 2.45) is 0 Å². The van der Waals surface area contributed by atoms with Gasteiger partial charge < -0.3 is 41.7 Å². The number of hydrogen-bond donors (Lipinski definition) is 7. The molecule has 12 nitrogen and oxygen atoms in total. The first-order chi connectivity index (χ1) is 11.0. The van der Waals surface area contributed by atoms with E-state index >= 15 is 0 Å². The first-order valence-electron chi connectivity index (χ1n) is 6.86. The highest BCUT2D eigenvalue weighted by Crippen LogP contribution is 2.12. The highest BCUT2D eigenvalue weighted by atomic mass is 16.5. The Morgan fingerprint density at radius 2 is 1.48 bits per heavy atom. The quantitative estimate of drug-likeness (QED) is 0.149. The van der Waals surface area contributed by atoms with Crippen LogP contribution < -0.4 is 11.5 Å². The molecule has 0 aromatic heterocycles. The molecule has 0 fully saturated rings. The van der Waals surface area contributed by atoms with Crippen molar-refractivity contribution >= 4 is 23.6 Å². The number of aliphatic hydroxyl groups excluding tert-OH is 4. The summed E-state index contributed by atoms with van der Waals surface area (Å²) < 4.78 is 4.45. The number of amides is 1. The molecule has 9 N–H and O–H groups in total. The van der Waals surface area contributed by atoms with Gasteiger partial charge in [0.1, 0.15) is 24.9 Å². The van der Waals surface area contributed by atoms with Gasteiger partial charge in [-0.25, -0.2) is 4.79 Å². The van der Waals surface area contributed by atoms with Gasteiger partial charge >= 0.3 is 11.9 Å². The number of carbonyl (C=O) groups excluding carboxylic acids is 3. The van der Waals surface area contributed by atoms with Crippen molar-refractivity contribution in [2.75, 3.05) is 6.61 Å². The number of aliphatic carboxylic acids is 1. The molecule has 0 rings (SSSR count). The summed E-state index contributed by atoms with van der Waals surface area (Å²) in [5.41, 5.74) is 0. The van der Waals surface area contributed by atoms with Crippen LogP contribution in [0.1, 0.15) is 20.3 Å². The maximum atomic E-state index is 11.1. The summed E-state index contributed by atoms with van der Waals surface area (Å²) in [5.74, 6) is -4.69. The minimum atomic E-state index is -1.98. The average molecular weight is 368 g/mol. The van der Waals surface area contributed by atoms with Crippen LogP contribution in [0.5, 0.6) is 0 Å². The molecule has 0 bridgehead atoms. The van der Waals surface area contributed by atoms with Gasteiger partial charge in [0.05, 0.1) is 12.1 Å². The van der Waals surface area contributed by atoms with E-state index < -0.39 is 67.1 Å². The molecule has 12 heteroatoms. The Balaban J connectivity index is 0. The van der Waals surface area contributed by atoms with E-state index in [1.807, 2.05) is 0 Å². The second kappa shape index (κ2) is 11.4. The van der Waals surface area contributed by atoms with Crippen LogP contribution >= 0.6 is 0 Å². The predicted molar refractivity (Wildman–Crippen MR) is 80.5 cm³/mol. The molecule has 0 saturated heterocycles. The summed E-state index contributed by atoms with van der Waals surface area (Å²) in [4.78, 5) is 43.4. The van der Waals surface area contributed by atoms with Crippen molar-refractivity contribution in [1.82, 2.24) is 11.5 Å². The van der Waals surface area contributed by atoms with Gasteiger partial charge in [0, 0.05) is 20.3 Å². The third-order valence-electron chi connectivity index (χ3n) is 2.99. The fraction of sp³-hybridized carbons (Fsp3) is 0.692. The van der Waals surface area contributed by atoms with Crippen LogP contribution in [0.25, 0.3) is 0 Å². The molecule has 25 heavy (non-hydrogen) atoms. The van der Waals surface area contributed by atoms with Crippen molar-refractivity contribution in [3.05, 3.63) is 0 Å². The summed E-state index contributed by atoms with van der Waals surface area (Å²) in [6.45, 7) is 1.41. The fourth-order valence-corrected chi connectivity index (χ4v) is 1.79. The second-order valence-corrected chi connectivity index (χ2v) is 5.08. The molecule has 0 aromatic carbocycles. The molecule has 0 spiro atoms. The zero-order valence-electron chi connectivity index (χ0n) is 13.8. The molecule has 5 unspecified atom stereocenters. The number of rotatable bonds is 10. The van der Waals surface area contributed by atoms with E-state index in [1.54, 1.807) is 0 Å². The third-order valence-corrected chi connectivity index (χ3v) is 2.99. The van der Waals surface area contributed by atoms with Gasteiger partial charge in [-0.1, -0.05) is 0 Å². The lowest BCUT2D eigenvalue weighted by Crippen LogP contribution is -2.57. The Bertz CT molecular complexity index is 483. The highest BCUT2D eigenvalue weighted by Gasteiger charge is 2.37. The Morgan fingerprint density at radius 3 is 1.88 bits per heavy atom. The van der Waals surface area contributed by atoms with Gasteiger partial charge in [0.25, 0.3) is 0 Å². The Labute approximate surface area is 143 Å². The average Bonchev–Trinajstić information content (AvgIpc) is 2.48. The van der Waals surface area contributed by atoms with Gasteiger partial charge in [-0.05, 0) is 0 Å². The van der Waals surface area contributed by atoms with Crippen LogP contribution in [0.4, 0.5) is 0 Å². The van der Waals surface area contributed by atoms with Crippen molar-refractivity contribution in [3.8, 4) is 0 Å². The number of esters is 1. The number of nitrogens with one attached hydrogen (secondary N) is 1. The SMILES string of the molecule is CC(=O)NC(C(O)CC(=O)C(=O)O)C(O)C(O)C(O)COC(C)=O.N. The number of carboxylic acids is 1. The Hall–Kier alpha value is -2.12. The van der Waals surface area contributed by atoms with Crippen molar-refractivity contribution in [3.63, 3.8) is 0 Å². The van der Waals surface area contributed by atoms with Gasteiger partial charge in [-0.3, -0.25) is 14.4 Å². The monoisotopic (exact) mass is 368 g/mol. The molecule has 1 amide bonds. The van der Waals surface area contributed by atoms with E-state index in [2.05, 4.69) is 10.1 Å². The van der Waals surface area contributed by atoms with Gasteiger partial charge in [-0.15, -0.1) is 0 Å². The normalized spacial score (nSPS) is 16.4. The summed E-state index contributed by atoms with van der Waals surface area (Å²) in [6, 6.07) is -1.65. The van der Waals surface area contributed by atoms with E-state index in [1.165, 1.54) is 0 Å². The molecule has 0 aromatic rings. The fourth-order valence-electron chi connectivity index (χ4n) is 1.79. The van der Waals surface area contributed by atoms with Crippen LogP contribution in [0.15, 0.2) is 0 Å². The second-order valence-electron chi connectivity index (χ2n) is 5.08. The molecule has 5 atom stereocenters. The molecule has 146 valence electrons. The Morgan fingerprint density at radius 1 is 0.960 bits per heavy atom. The summed E-state index contributed by atoms with van der Waals surface area (Å²) >= 11 is 0. The summed E-state index contributed by atoms with van der Waals surface area (Å²) in [6.07, 6.45) is -8.47. The number of carbonyl (C=O) groups is 4. The number of ketones is 1. The summed E-state index contributed by atoms with van der Waals surface area (Å²) in [5, 5.41) is 49.9. The number of carboxylic acid groups (broad SMARTS) is 1. The van der Waals surface area contributed by atoms with Crippen LogP contribution in [-0.2, 0) is 23.9 Å². The summed E-state index contributed by atoms with van der Waals surface area (Å²) in [7, 11) is 0. The molecule has 0 aliphatic rings. The zero-order chi connectivity index (χ0) is 19.0. The first kappa shape index (κ1) is 25.1. The third kappa shape index (κ3) is 9.07. The molecule has 0 radical (unpaired) electrons. The molecule has 0 aliphatic carbocycles. The van der Waals surface area contributed by atoms with Gasteiger partial charge in [-0.2, -0.15) is 0 Å². The predicted octanol–water partition coefficient (Wildman–Crippen LogP) is -3.30. The van der Waals surface area contributed by atoms with Crippen LogP contribution in [0.3, 0.4) is 0 Å². The maximum Gasteiger partial charge on any atom is 0.372 e. The van der Waals surface area contributed by atoms with E-state index in [9.17, 15) is 39.6 Å². The van der Waals surface area contributed by atoms with Crippen molar-refractivity contribution < 1.29 is 49.4 Å². The lowest BCUT2D eigenvalue weighted by atomic mass is 9.94. The Kier molecular flexibility index (Phi) is 11.5. The van der Waals surface area contributed by atoms with Crippen LogP contribution in [0, 0.1) is 0 Å². The number of hydrogen-bond acceptors (Lipinski definition) is 10. The minimum absolute atomic E-state index is 0. The van der Waals surface area contributed by atoms with Crippen LogP contribution in [0.2, 0.25) is 0 Å². The topological polar surface area (TPSA) is 226 Å². The largest absolute Gasteiger partial charge is 0.475 e. The number of ether oxygens (including phenoxy) is 1.